The Morgan fingerprint density at radius 3 is 2.58 bits per heavy atom. The van der Waals surface area contributed by atoms with Crippen LogP contribution in [0.4, 0.5) is 0 Å². The second-order valence-electron chi connectivity index (χ2n) is 7.62. The quantitative estimate of drug-likeness (QED) is 0.457. The molecule has 6 nitrogen and oxygen atoms in total. The number of halogens is 1. The van der Waals surface area contributed by atoms with Gasteiger partial charge in [-0.2, -0.15) is 0 Å². The van der Waals surface area contributed by atoms with Crippen molar-refractivity contribution in [2.75, 3.05) is 7.11 Å². The lowest BCUT2D eigenvalue weighted by molar-refractivity contribution is 0.0292. The Kier molecular flexibility index (Phi) is 7.96. The summed E-state index contributed by atoms with van der Waals surface area (Å²) in [5.74, 6) is -1.60. The Bertz CT molecular complexity index is 927. The molecule has 1 heterocycles. The molecule has 0 aromatic heterocycles. The Morgan fingerprint density at radius 1 is 1.13 bits per heavy atom. The summed E-state index contributed by atoms with van der Waals surface area (Å²) in [7, 11) is 1.59. The number of hydrogen-bond donors (Lipinski definition) is 3. The third kappa shape index (κ3) is 5.79. The van der Waals surface area contributed by atoms with Crippen molar-refractivity contribution in [2.24, 2.45) is 0 Å². The van der Waals surface area contributed by atoms with E-state index < -0.39 is 23.9 Å². The minimum absolute atomic E-state index is 0.0447. The van der Waals surface area contributed by atoms with Crippen molar-refractivity contribution in [1.82, 2.24) is 0 Å². The van der Waals surface area contributed by atoms with Gasteiger partial charge in [-0.3, -0.25) is 0 Å². The Hall–Kier alpha value is -2.54. The summed E-state index contributed by atoms with van der Waals surface area (Å²) >= 11 is 6.27. The summed E-state index contributed by atoms with van der Waals surface area (Å²) < 4.78 is 11.2. The molecule has 2 aromatic rings. The number of aliphatic hydroxyl groups is 1. The zero-order valence-electron chi connectivity index (χ0n) is 17.3. The molecule has 2 aromatic carbocycles. The molecule has 3 rings (SSSR count). The van der Waals surface area contributed by atoms with Gasteiger partial charge in [-0.15, -0.1) is 0 Å². The number of methoxy groups -OCH3 is 1. The van der Waals surface area contributed by atoms with Crippen molar-refractivity contribution in [3.8, 4) is 11.5 Å². The number of allylic oxidation sites excluding steroid dienone is 1. The number of cyclic esters (lactones) is 1. The Balaban J connectivity index is 2.04. The highest BCUT2D eigenvalue weighted by Crippen LogP contribution is 2.38. The van der Waals surface area contributed by atoms with Crippen LogP contribution >= 0.6 is 11.6 Å². The maximum atomic E-state index is 13.1. The number of phenols is 2. The molecule has 0 spiro atoms. The van der Waals surface area contributed by atoms with Crippen LogP contribution in [0.5, 0.6) is 11.5 Å². The highest BCUT2D eigenvalue weighted by molar-refractivity contribution is 6.33. The number of benzene rings is 2. The summed E-state index contributed by atoms with van der Waals surface area (Å²) in [6, 6.07) is 10.3. The van der Waals surface area contributed by atoms with Gasteiger partial charge in [0.15, 0.2) is 0 Å². The standard InChI is InChI=1S/C24H27ClO6/c1-30-17-10-6-3-7-11-21(15-8-4-2-5-9-15)31-24(29)22-18(13-16(26)12-17)23(25)20(28)14-19(22)27/h2-5,7-9,14,16-17,21,26-28H,6,10-13H2,1H3/b7-3+/t16?,17?,21-/m1/s1. The molecule has 3 N–H and O–H groups in total. The molecule has 166 valence electrons. The first-order valence-corrected chi connectivity index (χ1v) is 10.6. The van der Waals surface area contributed by atoms with Crippen LogP contribution in [0.25, 0.3) is 0 Å². The second kappa shape index (κ2) is 10.7. The molecule has 3 atom stereocenters. The lowest BCUT2D eigenvalue weighted by Gasteiger charge is -2.23. The van der Waals surface area contributed by atoms with Crippen molar-refractivity contribution < 1.29 is 29.6 Å². The summed E-state index contributed by atoms with van der Waals surface area (Å²) in [5, 5.41) is 31.0. The third-order valence-electron chi connectivity index (χ3n) is 5.43. The lowest BCUT2D eigenvalue weighted by Crippen LogP contribution is -2.23. The number of rotatable bonds is 2. The van der Waals surface area contributed by atoms with Crippen LogP contribution in [-0.2, 0) is 15.9 Å². The van der Waals surface area contributed by atoms with E-state index in [1.54, 1.807) is 7.11 Å². The molecule has 0 amide bonds. The number of hydrogen-bond acceptors (Lipinski definition) is 6. The Morgan fingerprint density at radius 2 is 1.87 bits per heavy atom. The average molecular weight is 447 g/mol. The number of carbonyl (C=O) groups excluding carboxylic acids is 1. The fourth-order valence-electron chi connectivity index (χ4n) is 3.79. The van der Waals surface area contributed by atoms with E-state index in [2.05, 4.69) is 0 Å². The van der Waals surface area contributed by atoms with E-state index in [0.717, 1.165) is 18.1 Å². The van der Waals surface area contributed by atoms with Gasteiger partial charge in [0.05, 0.1) is 17.2 Å². The fraction of sp³-hybridized carbons (Fsp3) is 0.375. The molecular formula is C24H27ClO6. The Labute approximate surface area is 186 Å². The van der Waals surface area contributed by atoms with Gasteiger partial charge in [-0.1, -0.05) is 54.1 Å². The van der Waals surface area contributed by atoms with Crippen LogP contribution in [-0.4, -0.2) is 40.6 Å². The molecule has 0 bridgehead atoms. The maximum Gasteiger partial charge on any atom is 0.342 e. The van der Waals surface area contributed by atoms with E-state index >= 15 is 0 Å². The fourth-order valence-corrected chi connectivity index (χ4v) is 4.01. The molecule has 0 fully saturated rings. The molecule has 2 unspecified atom stereocenters. The number of fused-ring (bicyclic) bond motifs is 1. The van der Waals surface area contributed by atoms with Gasteiger partial charge in [0.25, 0.3) is 0 Å². The molecule has 0 aliphatic carbocycles. The van der Waals surface area contributed by atoms with Crippen molar-refractivity contribution in [1.29, 1.82) is 0 Å². The number of phenolic OH excluding ortho intramolecular Hbond substituents is 2. The molecule has 7 heteroatoms. The molecule has 0 saturated heterocycles. The summed E-state index contributed by atoms with van der Waals surface area (Å²) in [6.45, 7) is 0. The number of aliphatic hydroxyl groups excluding tert-OH is 1. The lowest BCUT2D eigenvalue weighted by atomic mass is 9.95. The van der Waals surface area contributed by atoms with E-state index in [0.29, 0.717) is 19.3 Å². The summed E-state index contributed by atoms with van der Waals surface area (Å²) in [6.07, 6.45) is 4.49. The second-order valence-corrected chi connectivity index (χ2v) is 8.00. The topological polar surface area (TPSA) is 96.2 Å². The van der Waals surface area contributed by atoms with Gasteiger partial charge in [0.2, 0.25) is 0 Å². The SMILES string of the molecule is COC1CC/C=C/C[C@H](c2ccccc2)OC(=O)c2c(O)cc(O)c(Cl)c2CC(O)C1. The van der Waals surface area contributed by atoms with Crippen LogP contribution < -0.4 is 0 Å². The third-order valence-corrected chi connectivity index (χ3v) is 5.85. The molecule has 0 radical (unpaired) electrons. The number of esters is 1. The smallest absolute Gasteiger partial charge is 0.342 e. The van der Waals surface area contributed by atoms with Crippen molar-refractivity contribution in [3.05, 3.63) is 70.3 Å². The minimum atomic E-state index is -0.896. The zero-order chi connectivity index (χ0) is 22.4. The number of ether oxygens (including phenoxy) is 2. The number of aromatic hydroxyl groups is 2. The van der Waals surface area contributed by atoms with Crippen LogP contribution in [0.1, 0.15) is 53.3 Å². The zero-order valence-corrected chi connectivity index (χ0v) is 18.1. The largest absolute Gasteiger partial charge is 0.507 e. The van der Waals surface area contributed by atoms with Gasteiger partial charge in [-0.05, 0) is 30.4 Å². The minimum Gasteiger partial charge on any atom is -0.507 e. The van der Waals surface area contributed by atoms with Crippen LogP contribution in [0.15, 0.2) is 48.6 Å². The molecule has 31 heavy (non-hydrogen) atoms. The monoisotopic (exact) mass is 446 g/mol. The van der Waals surface area contributed by atoms with Crippen LogP contribution in [0, 0.1) is 0 Å². The van der Waals surface area contributed by atoms with Gasteiger partial charge >= 0.3 is 5.97 Å². The highest BCUT2D eigenvalue weighted by atomic mass is 35.5. The molecular weight excluding hydrogens is 420 g/mol. The molecule has 1 aliphatic heterocycles. The first-order valence-electron chi connectivity index (χ1n) is 10.3. The number of carbonyl (C=O) groups is 1. The van der Waals surface area contributed by atoms with E-state index in [9.17, 15) is 20.1 Å². The van der Waals surface area contributed by atoms with Crippen molar-refractivity contribution in [3.63, 3.8) is 0 Å². The summed E-state index contributed by atoms with van der Waals surface area (Å²) in [4.78, 5) is 13.1. The predicted molar refractivity (Wildman–Crippen MR) is 117 cm³/mol. The molecule has 1 aliphatic rings. The van der Waals surface area contributed by atoms with Crippen LogP contribution in [0.3, 0.4) is 0 Å². The van der Waals surface area contributed by atoms with Gasteiger partial charge in [0.1, 0.15) is 23.2 Å². The average Bonchev–Trinajstić information content (AvgIpc) is 2.75. The molecule has 0 saturated carbocycles. The van der Waals surface area contributed by atoms with E-state index in [-0.39, 0.29) is 34.4 Å². The normalized spacial score (nSPS) is 24.0. The van der Waals surface area contributed by atoms with Gasteiger partial charge in [-0.25, -0.2) is 4.79 Å². The first kappa shape index (κ1) is 23.1. The van der Waals surface area contributed by atoms with Gasteiger partial charge < -0.3 is 24.8 Å². The van der Waals surface area contributed by atoms with Crippen molar-refractivity contribution in [2.45, 2.75) is 50.4 Å². The highest BCUT2D eigenvalue weighted by Gasteiger charge is 2.28. The first-order chi connectivity index (χ1) is 14.9. The maximum absolute atomic E-state index is 13.1. The van der Waals surface area contributed by atoms with E-state index in [4.69, 9.17) is 21.1 Å². The van der Waals surface area contributed by atoms with Crippen LogP contribution in [0.2, 0.25) is 5.02 Å². The van der Waals surface area contributed by atoms with E-state index in [1.165, 1.54) is 0 Å². The van der Waals surface area contributed by atoms with Crippen molar-refractivity contribution >= 4 is 17.6 Å². The predicted octanol–water partition coefficient (Wildman–Crippen LogP) is 4.70. The van der Waals surface area contributed by atoms with Gasteiger partial charge in [0, 0.05) is 26.0 Å². The van der Waals surface area contributed by atoms with E-state index in [1.807, 2.05) is 42.5 Å². The summed E-state index contributed by atoms with van der Waals surface area (Å²) in [5.41, 5.74) is 0.803.